The lowest BCUT2D eigenvalue weighted by atomic mass is 9.39. The molecule has 0 spiro atoms. The summed E-state index contributed by atoms with van der Waals surface area (Å²) in [5.41, 5.74) is 5.59. The summed E-state index contributed by atoms with van der Waals surface area (Å²) in [4.78, 5) is 22.6. The number of hydrogen-bond acceptors (Lipinski definition) is 2. The number of primary amides is 1. The molecule has 4 rings (SSSR count). The van der Waals surface area contributed by atoms with Gasteiger partial charge in [0.15, 0.2) is 0 Å². The molecule has 0 saturated heterocycles. The van der Waals surface area contributed by atoms with Crippen LogP contribution in [0.2, 0.25) is 0 Å². The molecule has 0 radical (unpaired) electrons. The highest BCUT2D eigenvalue weighted by Crippen LogP contribution is 2.71. The molecule has 4 saturated carbocycles. The molecule has 4 nitrogen and oxygen atoms in total. The molecule has 4 fully saturated rings. The summed E-state index contributed by atoms with van der Waals surface area (Å²) >= 11 is 0. The Balaban J connectivity index is 1.94. The number of aliphatic carboxylic acids is 1. The van der Waals surface area contributed by atoms with Crippen LogP contribution in [-0.2, 0) is 9.59 Å². The van der Waals surface area contributed by atoms with Crippen LogP contribution in [0.25, 0.3) is 0 Å². The van der Waals surface area contributed by atoms with Gasteiger partial charge >= 0.3 is 5.97 Å². The van der Waals surface area contributed by atoms with Gasteiger partial charge in [0.1, 0.15) is 0 Å². The average Bonchev–Trinajstić information content (AvgIpc) is 2.06. The number of carboxylic acid groups (broad SMARTS) is 1. The van der Waals surface area contributed by atoms with Crippen molar-refractivity contribution in [2.45, 2.75) is 58.3 Å². The number of hydrogen-bond donors (Lipinski definition) is 2. The zero-order valence-corrected chi connectivity index (χ0v) is 11.6. The Labute approximate surface area is 113 Å². The lowest BCUT2D eigenvalue weighted by molar-refractivity contribution is -0.171. The first-order valence-corrected chi connectivity index (χ1v) is 7.24. The van der Waals surface area contributed by atoms with E-state index in [-0.39, 0.29) is 28.6 Å². The third-order valence-electron chi connectivity index (χ3n) is 5.65. The Hall–Kier alpha value is -1.06. The number of rotatable bonds is 4. The number of carbonyl (C=O) groups is 2. The maximum atomic E-state index is 11.4. The van der Waals surface area contributed by atoms with Crippen LogP contribution in [0.3, 0.4) is 0 Å². The summed E-state index contributed by atoms with van der Waals surface area (Å²) in [7, 11) is 0. The van der Waals surface area contributed by atoms with Crippen molar-refractivity contribution < 1.29 is 14.7 Å². The third kappa shape index (κ3) is 2.15. The van der Waals surface area contributed by atoms with Gasteiger partial charge in [-0.15, -0.1) is 0 Å². The predicted molar refractivity (Wildman–Crippen MR) is 70.2 cm³/mol. The first-order chi connectivity index (χ1) is 8.74. The Morgan fingerprint density at radius 1 is 1.11 bits per heavy atom. The smallest absolute Gasteiger partial charge is 0.303 e. The maximum Gasteiger partial charge on any atom is 0.303 e. The lowest BCUT2D eigenvalue weighted by Gasteiger charge is -2.66. The van der Waals surface area contributed by atoms with Crippen LogP contribution < -0.4 is 5.73 Å². The highest BCUT2D eigenvalue weighted by Gasteiger charge is 2.62. The summed E-state index contributed by atoms with van der Waals surface area (Å²) < 4.78 is 0. The monoisotopic (exact) mass is 265 g/mol. The SMILES string of the molecule is CC12CC3CC(CC(N)=O)(C1)CC(CC(=O)O)(C3)C2. The van der Waals surface area contributed by atoms with Gasteiger partial charge in [-0.25, -0.2) is 0 Å². The Morgan fingerprint density at radius 3 is 2.16 bits per heavy atom. The number of nitrogens with two attached hydrogens (primary N) is 1. The minimum atomic E-state index is -0.695. The van der Waals surface area contributed by atoms with Crippen LogP contribution in [0.1, 0.15) is 58.3 Å². The van der Waals surface area contributed by atoms with Crippen molar-refractivity contribution in [2.75, 3.05) is 0 Å². The van der Waals surface area contributed by atoms with Gasteiger partial charge in [-0.05, 0) is 60.7 Å². The van der Waals surface area contributed by atoms with Gasteiger partial charge in [-0.2, -0.15) is 0 Å². The largest absolute Gasteiger partial charge is 0.481 e. The molecule has 0 aliphatic heterocycles. The van der Waals surface area contributed by atoms with E-state index < -0.39 is 5.97 Å². The zero-order valence-electron chi connectivity index (χ0n) is 11.6. The Morgan fingerprint density at radius 2 is 1.68 bits per heavy atom. The minimum Gasteiger partial charge on any atom is -0.481 e. The predicted octanol–water partition coefficient (Wildman–Crippen LogP) is 2.31. The first kappa shape index (κ1) is 12.9. The van der Waals surface area contributed by atoms with E-state index in [0.29, 0.717) is 12.3 Å². The second kappa shape index (κ2) is 3.74. The van der Waals surface area contributed by atoms with Crippen LogP contribution in [0.5, 0.6) is 0 Å². The summed E-state index contributed by atoms with van der Waals surface area (Å²) in [5, 5.41) is 9.23. The van der Waals surface area contributed by atoms with E-state index in [1.54, 1.807) is 0 Å². The van der Waals surface area contributed by atoms with Gasteiger partial charge in [-0.1, -0.05) is 6.92 Å². The molecule has 106 valence electrons. The summed E-state index contributed by atoms with van der Waals surface area (Å²) in [6, 6.07) is 0. The van der Waals surface area contributed by atoms with Crippen molar-refractivity contribution in [3.8, 4) is 0 Å². The van der Waals surface area contributed by atoms with Crippen molar-refractivity contribution in [3.63, 3.8) is 0 Å². The number of carbonyl (C=O) groups excluding carboxylic acids is 1. The molecule has 4 heteroatoms. The van der Waals surface area contributed by atoms with Crippen LogP contribution >= 0.6 is 0 Å². The van der Waals surface area contributed by atoms with Crippen LogP contribution in [-0.4, -0.2) is 17.0 Å². The van der Waals surface area contributed by atoms with E-state index in [0.717, 1.165) is 32.1 Å². The molecule has 4 unspecified atom stereocenters. The Bertz CT molecular complexity index is 413. The third-order valence-corrected chi connectivity index (χ3v) is 5.65. The molecular weight excluding hydrogens is 242 g/mol. The van der Waals surface area contributed by atoms with Crippen LogP contribution in [0, 0.1) is 22.2 Å². The van der Waals surface area contributed by atoms with Gasteiger partial charge in [0.2, 0.25) is 5.91 Å². The summed E-state index contributed by atoms with van der Waals surface area (Å²) in [5.74, 6) is -0.323. The number of carboxylic acids is 1. The molecule has 4 aliphatic carbocycles. The highest BCUT2D eigenvalue weighted by molar-refractivity contribution is 5.74. The van der Waals surface area contributed by atoms with Crippen LogP contribution in [0.15, 0.2) is 0 Å². The molecule has 0 aromatic carbocycles. The molecule has 19 heavy (non-hydrogen) atoms. The van der Waals surface area contributed by atoms with E-state index in [1.165, 1.54) is 6.42 Å². The maximum absolute atomic E-state index is 11.4. The zero-order chi connectivity index (χ0) is 13.9. The normalized spacial score (nSPS) is 47.3. The fourth-order valence-corrected chi connectivity index (χ4v) is 6.45. The fourth-order valence-electron chi connectivity index (χ4n) is 6.45. The molecule has 3 N–H and O–H groups in total. The summed E-state index contributed by atoms with van der Waals surface area (Å²) in [6.07, 6.45) is 6.99. The van der Waals surface area contributed by atoms with Crippen molar-refractivity contribution >= 4 is 11.9 Å². The lowest BCUT2D eigenvalue weighted by Crippen LogP contribution is -2.57. The van der Waals surface area contributed by atoms with Gasteiger partial charge in [0.05, 0.1) is 6.42 Å². The Kier molecular flexibility index (Phi) is 2.55. The van der Waals surface area contributed by atoms with Crippen molar-refractivity contribution in [2.24, 2.45) is 27.9 Å². The van der Waals surface area contributed by atoms with E-state index >= 15 is 0 Å². The minimum absolute atomic E-state index is 0.00451. The quantitative estimate of drug-likeness (QED) is 0.818. The number of amides is 1. The highest BCUT2D eigenvalue weighted by atomic mass is 16.4. The van der Waals surface area contributed by atoms with Gasteiger partial charge in [-0.3, -0.25) is 9.59 Å². The van der Waals surface area contributed by atoms with E-state index in [4.69, 9.17) is 5.73 Å². The van der Waals surface area contributed by atoms with Gasteiger partial charge in [0, 0.05) is 6.42 Å². The standard InChI is InChI=1S/C15H23NO3/c1-13-2-10-3-14(7-13,5-11(16)17)9-15(4-10,8-13)6-12(18)19/h10H,2-9H2,1H3,(H2,16,17)(H,18,19). The average molecular weight is 265 g/mol. The topological polar surface area (TPSA) is 80.4 Å². The van der Waals surface area contributed by atoms with Crippen LogP contribution in [0.4, 0.5) is 0 Å². The molecule has 4 aliphatic rings. The first-order valence-electron chi connectivity index (χ1n) is 7.24. The van der Waals surface area contributed by atoms with Crippen molar-refractivity contribution in [3.05, 3.63) is 0 Å². The van der Waals surface area contributed by atoms with E-state index in [1.807, 2.05) is 0 Å². The molecule has 4 atom stereocenters. The van der Waals surface area contributed by atoms with Gasteiger partial charge in [0.25, 0.3) is 0 Å². The van der Waals surface area contributed by atoms with E-state index in [2.05, 4.69) is 6.92 Å². The molecule has 0 aromatic rings. The van der Waals surface area contributed by atoms with Crippen molar-refractivity contribution in [1.29, 1.82) is 0 Å². The fraction of sp³-hybridized carbons (Fsp3) is 0.867. The van der Waals surface area contributed by atoms with Gasteiger partial charge < -0.3 is 10.8 Å². The molecule has 4 bridgehead atoms. The molecule has 0 heterocycles. The molecular formula is C15H23NO3. The second-order valence-electron chi connectivity index (χ2n) is 8.03. The summed E-state index contributed by atoms with van der Waals surface area (Å²) in [6.45, 7) is 2.28. The van der Waals surface area contributed by atoms with Crippen molar-refractivity contribution in [1.82, 2.24) is 0 Å². The molecule has 0 aromatic heterocycles. The second-order valence-corrected chi connectivity index (χ2v) is 8.03. The molecule has 1 amide bonds. The van der Waals surface area contributed by atoms with E-state index in [9.17, 15) is 14.7 Å².